The summed E-state index contributed by atoms with van der Waals surface area (Å²) >= 11 is 1.58. The predicted molar refractivity (Wildman–Crippen MR) is 75.6 cm³/mol. The number of carbonyl (C=O) groups excluding carboxylic acids is 1. The van der Waals surface area contributed by atoms with E-state index in [1.54, 1.807) is 16.2 Å². The zero-order valence-corrected chi connectivity index (χ0v) is 12.1. The minimum absolute atomic E-state index is 0.101. The highest BCUT2D eigenvalue weighted by atomic mass is 32.1. The van der Waals surface area contributed by atoms with E-state index in [0.717, 1.165) is 23.7 Å². The standard InChI is InChI=1S/C14H14FN3O2S/c15-10-7-16-14(17-8-10)20-11-3-4-18(9-11)13(19)6-12-2-1-5-21-12/h1-2,5,7-8,11H,3-4,6,9H2. The van der Waals surface area contributed by atoms with Crippen molar-refractivity contribution in [2.75, 3.05) is 13.1 Å². The number of hydrogen-bond donors (Lipinski definition) is 0. The summed E-state index contributed by atoms with van der Waals surface area (Å²) in [6.07, 6.45) is 3.16. The molecular weight excluding hydrogens is 293 g/mol. The molecule has 0 saturated carbocycles. The van der Waals surface area contributed by atoms with E-state index in [-0.39, 0.29) is 18.0 Å². The molecule has 2 aromatic heterocycles. The van der Waals surface area contributed by atoms with Gasteiger partial charge in [0.1, 0.15) is 6.10 Å². The second-order valence-corrected chi connectivity index (χ2v) is 5.84. The van der Waals surface area contributed by atoms with Gasteiger partial charge in [-0.1, -0.05) is 6.07 Å². The first kappa shape index (κ1) is 13.9. The molecule has 0 spiro atoms. The van der Waals surface area contributed by atoms with Gasteiger partial charge in [0, 0.05) is 17.8 Å². The Morgan fingerprint density at radius 1 is 1.48 bits per heavy atom. The molecule has 1 aliphatic rings. The van der Waals surface area contributed by atoms with Crippen molar-refractivity contribution in [2.45, 2.75) is 18.9 Å². The van der Waals surface area contributed by atoms with Crippen LogP contribution in [0.15, 0.2) is 29.9 Å². The lowest BCUT2D eigenvalue weighted by atomic mass is 10.3. The average molecular weight is 307 g/mol. The van der Waals surface area contributed by atoms with Gasteiger partial charge in [0.2, 0.25) is 5.91 Å². The molecule has 21 heavy (non-hydrogen) atoms. The lowest BCUT2D eigenvalue weighted by Gasteiger charge is -2.16. The van der Waals surface area contributed by atoms with Crippen molar-refractivity contribution in [3.05, 3.63) is 40.6 Å². The van der Waals surface area contributed by atoms with Gasteiger partial charge in [-0.05, 0) is 11.4 Å². The molecule has 3 heterocycles. The molecule has 0 aliphatic carbocycles. The number of aromatic nitrogens is 2. The van der Waals surface area contributed by atoms with Crippen LogP contribution in [0.1, 0.15) is 11.3 Å². The Morgan fingerprint density at radius 2 is 2.29 bits per heavy atom. The molecule has 1 atom stereocenters. The van der Waals surface area contributed by atoms with Crippen LogP contribution in [0, 0.1) is 5.82 Å². The van der Waals surface area contributed by atoms with Crippen molar-refractivity contribution in [1.82, 2.24) is 14.9 Å². The monoisotopic (exact) mass is 307 g/mol. The van der Waals surface area contributed by atoms with Crippen molar-refractivity contribution in [2.24, 2.45) is 0 Å². The van der Waals surface area contributed by atoms with Crippen LogP contribution < -0.4 is 4.74 Å². The molecule has 0 N–H and O–H groups in total. The predicted octanol–water partition coefficient (Wildman–Crippen LogP) is 1.90. The summed E-state index contributed by atoms with van der Waals surface area (Å²) in [6, 6.07) is 4.04. The first-order chi connectivity index (χ1) is 10.2. The van der Waals surface area contributed by atoms with Crippen LogP contribution in [0.4, 0.5) is 4.39 Å². The Labute approximate surface area is 125 Å². The van der Waals surface area contributed by atoms with Crippen molar-refractivity contribution in [3.8, 4) is 6.01 Å². The number of carbonyl (C=O) groups is 1. The van der Waals surface area contributed by atoms with Gasteiger partial charge >= 0.3 is 6.01 Å². The van der Waals surface area contributed by atoms with E-state index in [2.05, 4.69) is 9.97 Å². The normalized spacial score (nSPS) is 18.0. The number of thiophene rings is 1. The first-order valence-corrected chi connectivity index (χ1v) is 7.53. The fourth-order valence-corrected chi connectivity index (χ4v) is 2.93. The molecule has 7 heteroatoms. The number of hydrogen-bond acceptors (Lipinski definition) is 5. The summed E-state index contributed by atoms with van der Waals surface area (Å²) in [6.45, 7) is 1.18. The summed E-state index contributed by atoms with van der Waals surface area (Å²) in [5.41, 5.74) is 0. The second kappa shape index (κ2) is 6.17. The molecular formula is C14H14FN3O2S. The average Bonchev–Trinajstić information content (AvgIpc) is 3.13. The Balaban J connectivity index is 1.53. The largest absolute Gasteiger partial charge is 0.458 e. The number of likely N-dealkylation sites (tertiary alicyclic amines) is 1. The van der Waals surface area contributed by atoms with Crippen molar-refractivity contribution in [3.63, 3.8) is 0 Å². The molecule has 1 aliphatic heterocycles. The third-order valence-corrected chi connectivity index (χ3v) is 4.15. The van der Waals surface area contributed by atoms with E-state index in [1.807, 2.05) is 17.5 Å². The van der Waals surface area contributed by atoms with Gasteiger partial charge in [-0.3, -0.25) is 4.79 Å². The Hall–Kier alpha value is -2.02. The molecule has 1 saturated heterocycles. The number of halogens is 1. The van der Waals surface area contributed by atoms with Crippen LogP contribution in [0.3, 0.4) is 0 Å². The molecule has 1 amide bonds. The van der Waals surface area contributed by atoms with Gasteiger partial charge in [-0.25, -0.2) is 14.4 Å². The maximum atomic E-state index is 12.7. The van der Waals surface area contributed by atoms with Gasteiger partial charge in [0.15, 0.2) is 5.82 Å². The third-order valence-electron chi connectivity index (χ3n) is 3.27. The quantitative estimate of drug-likeness (QED) is 0.866. The van der Waals surface area contributed by atoms with Gasteiger partial charge in [-0.15, -0.1) is 11.3 Å². The molecule has 3 rings (SSSR count). The highest BCUT2D eigenvalue weighted by molar-refractivity contribution is 7.10. The van der Waals surface area contributed by atoms with Gasteiger partial charge in [-0.2, -0.15) is 0 Å². The van der Waals surface area contributed by atoms with Crippen LogP contribution >= 0.6 is 11.3 Å². The second-order valence-electron chi connectivity index (χ2n) is 4.81. The van der Waals surface area contributed by atoms with E-state index in [1.165, 1.54) is 0 Å². The van der Waals surface area contributed by atoms with Crippen LogP contribution in [0.25, 0.3) is 0 Å². The first-order valence-electron chi connectivity index (χ1n) is 6.65. The van der Waals surface area contributed by atoms with Gasteiger partial charge in [0.25, 0.3) is 0 Å². The molecule has 1 unspecified atom stereocenters. The number of amides is 1. The van der Waals surface area contributed by atoms with E-state index in [9.17, 15) is 9.18 Å². The van der Waals surface area contributed by atoms with E-state index in [4.69, 9.17) is 4.74 Å². The molecule has 2 aromatic rings. The molecule has 1 fully saturated rings. The molecule has 0 bridgehead atoms. The third kappa shape index (κ3) is 3.55. The van der Waals surface area contributed by atoms with Crippen molar-refractivity contribution in [1.29, 1.82) is 0 Å². The Kier molecular flexibility index (Phi) is 4.10. The van der Waals surface area contributed by atoms with Crippen LogP contribution in [0.2, 0.25) is 0 Å². The van der Waals surface area contributed by atoms with Crippen LogP contribution in [-0.4, -0.2) is 40.0 Å². The minimum atomic E-state index is -0.499. The lowest BCUT2D eigenvalue weighted by molar-refractivity contribution is -0.129. The summed E-state index contributed by atoms with van der Waals surface area (Å²) in [4.78, 5) is 22.5. The van der Waals surface area contributed by atoms with Gasteiger partial charge in [0.05, 0.1) is 25.4 Å². The fourth-order valence-electron chi connectivity index (χ4n) is 2.24. The summed E-state index contributed by atoms with van der Waals surface area (Å²) in [5.74, 6) is -0.398. The summed E-state index contributed by atoms with van der Waals surface area (Å²) in [7, 11) is 0. The molecule has 0 aromatic carbocycles. The molecule has 5 nitrogen and oxygen atoms in total. The SMILES string of the molecule is O=C(Cc1cccs1)N1CCC(Oc2ncc(F)cn2)C1. The topological polar surface area (TPSA) is 55.3 Å². The molecule has 0 radical (unpaired) electrons. The van der Waals surface area contributed by atoms with Crippen LogP contribution in [0.5, 0.6) is 6.01 Å². The summed E-state index contributed by atoms with van der Waals surface area (Å²) < 4.78 is 18.3. The maximum Gasteiger partial charge on any atom is 0.316 e. The Morgan fingerprint density at radius 3 is 3.00 bits per heavy atom. The zero-order chi connectivity index (χ0) is 14.7. The van der Waals surface area contributed by atoms with Gasteiger partial charge < -0.3 is 9.64 Å². The zero-order valence-electron chi connectivity index (χ0n) is 11.2. The highest BCUT2D eigenvalue weighted by Crippen LogP contribution is 2.17. The minimum Gasteiger partial charge on any atom is -0.458 e. The molecule has 110 valence electrons. The number of nitrogens with zero attached hydrogens (tertiary/aromatic N) is 3. The van der Waals surface area contributed by atoms with E-state index in [0.29, 0.717) is 19.5 Å². The number of ether oxygens (including phenoxy) is 1. The fraction of sp³-hybridized carbons (Fsp3) is 0.357. The van der Waals surface area contributed by atoms with Crippen molar-refractivity contribution < 1.29 is 13.9 Å². The Bertz CT molecular complexity index is 603. The summed E-state index contributed by atoms with van der Waals surface area (Å²) in [5, 5.41) is 1.96. The van der Waals surface area contributed by atoms with Crippen LogP contribution in [-0.2, 0) is 11.2 Å². The maximum absolute atomic E-state index is 12.7. The van der Waals surface area contributed by atoms with Crippen molar-refractivity contribution >= 4 is 17.2 Å². The van der Waals surface area contributed by atoms with E-state index < -0.39 is 5.82 Å². The highest BCUT2D eigenvalue weighted by Gasteiger charge is 2.28. The van der Waals surface area contributed by atoms with E-state index >= 15 is 0 Å². The smallest absolute Gasteiger partial charge is 0.316 e. The number of rotatable bonds is 4. The lowest BCUT2D eigenvalue weighted by Crippen LogP contribution is -2.32.